The molecule has 0 radical (unpaired) electrons. The second-order valence-electron chi connectivity index (χ2n) is 4.34. The van der Waals surface area contributed by atoms with Crippen molar-refractivity contribution in [2.45, 2.75) is 24.7 Å². The second kappa shape index (κ2) is 4.78. The van der Waals surface area contributed by atoms with Gasteiger partial charge in [-0.05, 0) is 30.5 Å². The van der Waals surface area contributed by atoms with Gasteiger partial charge in [0.1, 0.15) is 5.75 Å². The molecule has 1 fully saturated rings. The molecule has 100 valence electrons. The van der Waals surface area contributed by atoms with Crippen LogP contribution in [-0.2, 0) is 10.3 Å². The van der Waals surface area contributed by atoms with Crippen LogP contribution in [0.5, 0.6) is 5.75 Å². The minimum Gasteiger partial charge on any atom is -0.406 e. The third-order valence-electron chi connectivity index (χ3n) is 3.05. The van der Waals surface area contributed by atoms with Gasteiger partial charge in [-0.25, -0.2) is 0 Å². The molecule has 1 saturated heterocycles. The summed E-state index contributed by atoms with van der Waals surface area (Å²) in [6.45, 7) is 1.13. The Morgan fingerprint density at radius 1 is 1.11 bits per heavy atom. The van der Waals surface area contributed by atoms with Crippen molar-refractivity contribution in [3.63, 3.8) is 0 Å². The summed E-state index contributed by atoms with van der Waals surface area (Å²) < 4.78 is 45.1. The van der Waals surface area contributed by atoms with E-state index in [0.29, 0.717) is 26.1 Å². The lowest BCUT2D eigenvalue weighted by Crippen LogP contribution is -2.42. The topological polar surface area (TPSA) is 44.5 Å². The van der Waals surface area contributed by atoms with E-state index in [0.717, 1.165) is 5.56 Å². The third kappa shape index (κ3) is 3.14. The van der Waals surface area contributed by atoms with Gasteiger partial charge in [0, 0.05) is 18.8 Å². The van der Waals surface area contributed by atoms with E-state index in [1.807, 2.05) is 0 Å². The van der Waals surface area contributed by atoms with Gasteiger partial charge in [0.25, 0.3) is 0 Å². The maximum absolute atomic E-state index is 12.0. The first kappa shape index (κ1) is 13.2. The summed E-state index contributed by atoms with van der Waals surface area (Å²) in [6, 6.07) is 5.72. The van der Waals surface area contributed by atoms with Crippen molar-refractivity contribution in [3.8, 4) is 5.75 Å². The Morgan fingerprint density at radius 2 is 1.67 bits per heavy atom. The first-order chi connectivity index (χ1) is 8.39. The highest BCUT2D eigenvalue weighted by Gasteiger charge is 2.32. The molecule has 1 aliphatic rings. The lowest BCUT2D eigenvalue weighted by atomic mass is 9.84. The van der Waals surface area contributed by atoms with E-state index < -0.39 is 11.9 Å². The molecular weight excluding hydrogens is 247 g/mol. The number of benzene rings is 1. The largest absolute Gasteiger partial charge is 0.573 e. The standard InChI is InChI=1S/C12H14F3NO2/c13-12(14,15)18-10-3-1-9(2-4-10)11(16)5-7-17-8-6-11/h1-4H,5-8,16H2. The van der Waals surface area contributed by atoms with Crippen LogP contribution in [0, 0.1) is 0 Å². The van der Waals surface area contributed by atoms with Gasteiger partial charge >= 0.3 is 6.36 Å². The molecule has 0 spiro atoms. The van der Waals surface area contributed by atoms with Gasteiger partial charge in [0.15, 0.2) is 0 Å². The van der Waals surface area contributed by atoms with Crippen molar-refractivity contribution >= 4 is 0 Å². The van der Waals surface area contributed by atoms with E-state index in [1.165, 1.54) is 12.1 Å². The number of halogens is 3. The molecule has 0 atom stereocenters. The van der Waals surface area contributed by atoms with E-state index in [-0.39, 0.29) is 5.75 Å². The summed E-state index contributed by atoms with van der Waals surface area (Å²) >= 11 is 0. The fourth-order valence-electron chi connectivity index (χ4n) is 2.01. The molecule has 18 heavy (non-hydrogen) atoms. The van der Waals surface area contributed by atoms with Crippen molar-refractivity contribution in [1.82, 2.24) is 0 Å². The molecule has 1 heterocycles. The van der Waals surface area contributed by atoms with Crippen molar-refractivity contribution in [2.24, 2.45) is 5.73 Å². The number of alkyl halides is 3. The fraction of sp³-hybridized carbons (Fsp3) is 0.500. The summed E-state index contributed by atoms with van der Waals surface area (Å²) in [5, 5.41) is 0. The normalized spacial score (nSPS) is 19.6. The SMILES string of the molecule is NC1(c2ccc(OC(F)(F)F)cc2)CCOCC1. The van der Waals surface area contributed by atoms with Crippen LogP contribution in [-0.4, -0.2) is 19.6 Å². The molecule has 2 N–H and O–H groups in total. The fourth-order valence-corrected chi connectivity index (χ4v) is 2.01. The third-order valence-corrected chi connectivity index (χ3v) is 3.05. The molecule has 0 bridgehead atoms. The zero-order valence-corrected chi connectivity index (χ0v) is 9.67. The number of nitrogens with two attached hydrogens (primary N) is 1. The van der Waals surface area contributed by atoms with Crippen molar-refractivity contribution in [1.29, 1.82) is 0 Å². The molecule has 6 heteroatoms. The average molecular weight is 261 g/mol. The average Bonchev–Trinajstić information content (AvgIpc) is 2.28. The van der Waals surface area contributed by atoms with E-state index in [4.69, 9.17) is 10.5 Å². The predicted molar refractivity (Wildman–Crippen MR) is 59.0 cm³/mol. The summed E-state index contributed by atoms with van der Waals surface area (Å²) in [4.78, 5) is 0. The number of hydrogen-bond donors (Lipinski definition) is 1. The molecule has 3 nitrogen and oxygen atoms in total. The minimum atomic E-state index is -4.67. The second-order valence-corrected chi connectivity index (χ2v) is 4.34. The molecule has 0 aliphatic carbocycles. The maximum Gasteiger partial charge on any atom is 0.573 e. The van der Waals surface area contributed by atoms with E-state index in [2.05, 4.69) is 4.74 Å². The Hall–Kier alpha value is -1.27. The molecule has 1 aromatic rings. The van der Waals surface area contributed by atoms with Gasteiger partial charge in [0.2, 0.25) is 0 Å². The van der Waals surface area contributed by atoms with Crippen LogP contribution >= 0.6 is 0 Å². The molecule has 0 unspecified atom stereocenters. The summed E-state index contributed by atoms with van der Waals surface area (Å²) in [6.07, 6.45) is -3.35. The van der Waals surface area contributed by atoms with Gasteiger partial charge in [-0.1, -0.05) is 12.1 Å². The smallest absolute Gasteiger partial charge is 0.406 e. The van der Waals surface area contributed by atoms with Crippen LogP contribution < -0.4 is 10.5 Å². The highest BCUT2D eigenvalue weighted by molar-refractivity contribution is 5.32. The molecule has 0 amide bonds. The summed E-state index contributed by atoms with van der Waals surface area (Å²) in [7, 11) is 0. The predicted octanol–water partition coefficient (Wildman–Crippen LogP) is 2.55. The number of ether oxygens (including phenoxy) is 2. The lowest BCUT2D eigenvalue weighted by molar-refractivity contribution is -0.274. The zero-order chi connectivity index (χ0) is 13.2. The van der Waals surface area contributed by atoms with Crippen molar-refractivity contribution < 1.29 is 22.6 Å². The monoisotopic (exact) mass is 261 g/mol. The Bertz CT molecular complexity index is 397. The van der Waals surface area contributed by atoms with Gasteiger partial charge in [-0.3, -0.25) is 0 Å². The van der Waals surface area contributed by atoms with Gasteiger partial charge in [-0.15, -0.1) is 13.2 Å². The minimum absolute atomic E-state index is 0.234. The van der Waals surface area contributed by atoms with Gasteiger partial charge in [-0.2, -0.15) is 0 Å². The van der Waals surface area contributed by atoms with Gasteiger partial charge < -0.3 is 15.2 Å². The Labute approximate surface area is 103 Å². The highest BCUT2D eigenvalue weighted by atomic mass is 19.4. The Morgan fingerprint density at radius 3 is 2.17 bits per heavy atom. The van der Waals surface area contributed by atoms with Crippen LogP contribution in [0.1, 0.15) is 18.4 Å². The zero-order valence-electron chi connectivity index (χ0n) is 9.67. The van der Waals surface area contributed by atoms with Crippen LogP contribution in [0.25, 0.3) is 0 Å². The first-order valence-corrected chi connectivity index (χ1v) is 5.62. The lowest BCUT2D eigenvalue weighted by Gasteiger charge is -2.33. The van der Waals surface area contributed by atoms with Gasteiger partial charge in [0.05, 0.1) is 0 Å². The summed E-state index contributed by atoms with van der Waals surface area (Å²) in [5.41, 5.74) is 6.50. The molecule has 0 aromatic heterocycles. The maximum atomic E-state index is 12.0. The van der Waals surface area contributed by atoms with Crippen LogP contribution in [0.15, 0.2) is 24.3 Å². The summed E-state index contributed by atoms with van der Waals surface area (Å²) in [5.74, 6) is -0.234. The molecule has 1 aliphatic heterocycles. The molecule has 1 aromatic carbocycles. The molecular formula is C12H14F3NO2. The first-order valence-electron chi connectivity index (χ1n) is 5.62. The van der Waals surface area contributed by atoms with Crippen LogP contribution in [0.4, 0.5) is 13.2 Å². The Balaban J connectivity index is 2.12. The number of rotatable bonds is 2. The van der Waals surface area contributed by atoms with Crippen molar-refractivity contribution in [2.75, 3.05) is 13.2 Å². The number of hydrogen-bond acceptors (Lipinski definition) is 3. The van der Waals surface area contributed by atoms with Crippen LogP contribution in [0.2, 0.25) is 0 Å². The Kier molecular flexibility index (Phi) is 3.49. The highest BCUT2D eigenvalue weighted by Crippen LogP contribution is 2.31. The quantitative estimate of drug-likeness (QED) is 0.889. The van der Waals surface area contributed by atoms with E-state index in [1.54, 1.807) is 12.1 Å². The van der Waals surface area contributed by atoms with E-state index in [9.17, 15) is 13.2 Å². The molecule has 2 rings (SSSR count). The van der Waals surface area contributed by atoms with E-state index >= 15 is 0 Å². The van der Waals surface area contributed by atoms with Crippen LogP contribution in [0.3, 0.4) is 0 Å². The molecule has 0 saturated carbocycles. The van der Waals surface area contributed by atoms with Crippen molar-refractivity contribution in [3.05, 3.63) is 29.8 Å².